The third-order valence-electron chi connectivity index (χ3n) is 4.32. The highest BCUT2D eigenvalue weighted by atomic mass is 79.9. The van der Waals surface area contributed by atoms with Gasteiger partial charge in [0.15, 0.2) is 11.5 Å². The molecule has 3 rings (SSSR count). The summed E-state index contributed by atoms with van der Waals surface area (Å²) < 4.78 is 11.7. The van der Waals surface area contributed by atoms with Crippen LogP contribution in [-0.4, -0.2) is 19.6 Å². The van der Waals surface area contributed by atoms with Crippen molar-refractivity contribution in [3.8, 4) is 11.5 Å². The van der Waals surface area contributed by atoms with Gasteiger partial charge in [0.1, 0.15) is 0 Å². The van der Waals surface area contributed by atoms with Gasteiger partial charge >= 0.3 is 0 Å². The quantitative estimate of drug-likeness (QED) is 0.726. The number of halogens is 1. The lowest BCUT2D eigenvalue weighted by molar-refractivity contribution is 0.0931. The van der Waals surface area contributed by atoms with E-state index in [2.05, 4.69) is 33.4 Å². The van der Waals surface area contributed by atoms with Crippen LogP contribution in [0, 0.1) is 5.92 Å². The normalized spacial score (nSPS) is 14.7. The van der Waals surface area contributed by atoms with Gasteiger partial charge in [-0.2, -0.15) is 0 Å². The van der Waals surface area contributed by atoms with E-state index in [9.17, 15) is 4.79 Å². The Kier molecular flexibility index (Phi) is 5.63. The molecular weight excluding hydrogens is 382 g/mol. The zero-order valence-corrected chi connectivity index (χ0v) is 16.0. The standard InChI is InChI=1S/C20H22BrNO3/c1-3-25-19-16(21)11-15(12-17(19)24-2)20(23)22-18(14-9-10-14)13-7-5-4-6-8-13/h4-8,11-12,14,18H,3,9-10H2,1-2H3,(H,22,23). The third-order valence-corrected chi connectivity index (χ3v) is 4.91. The van der Waals surface area contributed by atoms with E-state index in [1.165, 1.54) is 0 Å². The van der Waals surface area contributed by atoms with Gasteiger partial charge in [0.05, 0.1) is 24.2 Å². The number of amides is 1. The molecule has 1 fully saturated rings. The Morgan fingerprint density at radius 1 is 1.28 bits per heavy atom. The van der Waals surface area contributed by atoms with Gasteiger partial charge in [-0.05, 0) is 59.3 Å². The summed E-state index contributed by atoms with van der Waals surface area (Å²) in [6, 6.07) is 13.7. The highest BCUT2D eigenvalue weighted by Gasteiger charge is 2.33. The summed E-state index contributed by atoms with van der Waals surface area (Å²) in [4.78, 5) is 12.8. The average molecular weight is 404 g/mol. The monoisotopic (exact) mass is 403 g/mol. The molecule has 0 heterocycles. The number of carbonyl (C=O) groups excluding carboxylic acids is 1. The van der Waals surface area contributed by atoms with Gasteiger partial charge < -0.3 is 14.8 Å². The molecule has 25 heavy (non-hydrogen) atoms. The van der Waals surface area contributed by atoms with Crippen molar-refractivity contribution in [1.29, 1.82) is 0 Å². The number of hydrogen-bond donors (Lipinski definition) is 1. The Bertz CT molecular complexity index is 744. The molecular formula is C20H22BrNO3. The molecule has 1 N–H and O–H groups in total. The molecule has 1 aliphatic rings. The first-order valence-corrected chi connectivity index (χ1v) is 9.29. The van der Waals surface area contributed by atoms with Gasteiger partial charge in [-0.25, -0.2) is 0 Å². The zero-order chi connectivity index (χ0) is 17.8. The summed E-state index contributed by atoms with van der Waals surface area (Å²) >= 11 is 3.48. The van der Waals surface area contributed by atoms with Gasteiger partial charge in [-0.3, -0.25) is 4.79 Å². The molecule has 132 valence electrons. The minimum absolute atomic E-state index is 0.0463. The van der Waals surface area contributed by atoms with Crippen LogP contribution in [0.25, 0.3) is 0 Å². The number of ether oxygens (including phenoxy) is 2. The van der Waals surface area contributed by atoms with Crippen LogP contribution in [0.1, 0.15) is 41.7 Å². The van der Waals surface area contributed by atoms with Gasteiger partial charge in [-0.1, -0.05) is 30.3 Å². The second-order valence-electron chi connectivity index (χ2n) is 6.12. The molecule has 4 nitrogen and oxygen atoms in total. The lowest BCUT2D eigenvalue weighted by Crippen LogP contribution is -2.30. The summed E-state index contributed by atoms with van der Waals surface area (Å²) in [5, 5.41) is 3.19. The van der Waals surface area contributed by atoms with Crippen molar-refractivity contribution < 1.29 is 14.3 Å². The first kappa shape index (κ1) is 17.8. The molecule has 0 saturated heterocycles. The molecule has 0 aliphatic heterocycles. The van der Waals surface area contributed by atoms with Crippen LogP contribution in [0.4, 0.5) is 0 Å². The number of carbonyl (C=O) groups is 1. The summed E-state index contributed by atoms with van der Waals surface area (Å²) in [7, 11) is 1.57. The maximum atomic E-state index is 12.8. The summed E-state index contributed by atoms with van der Waals surface area (Å²) in [5.74, 6) is 1.56. The molecule has 0 spiro atoms. The highest BCUT2D eigenvalue weighted by molar-refractivity contribution is 9.10. The third kappa shape index (κ3) is 4.15. The molecule has 1 atom stereocenters. The van der Waals surface area contributed by atoms with Crippen LogP contribution < -0.4 is 14.8 Å². The van der Waals surface area contributed by atoms with E-state index in [-0.39, 0.29) is 11.9 Å². The fourth-order valence-electron chi connectivity index (χ4n) is 2.92. The van der Waals surface area contributed by atoms with Gasteiger partial charge in [0, 0.05) is 5.56 Å². The number of methoxy groups -OCH3 is 1. The maximum Gasteiger partial charge on any atom is 0.251 e. The fraction of sp³-hybridized carbons (Fsp3) is 0.350. The topological polar surface area (TPSA) is 47.6 Å². The molecule has 2 aromatic rings. The van der Waals surface area contributed by atoms with Crippen molar-refractivity contribution >= 4 is 21.8 Å². The number of rotatable bonds is 7. The molecule has 0 radical (unpaired) electrons. The van der Waals surface area contributed by atoms with E-state index in [0.717, 1.165) is 18.4 Å². The minimum Gasteiger partial charge on any atom is -0.493 e. The van der Waals surface area contributed by atoms with Crippen LogP contribution in [0.3, 0.4) is 0 Å². The van der Waals surface area contributed by atoms with Crippen molar-refractivity contribution in [2.75, 3.05) is 13.7 Å². The van der Waals surface area contributed by atoms with Crippen LogP contribution in [-0.2, 0) is 0 Å². The predicted molar refractivity (Wildman–Crippen MR) is 101 cm³/mol. The van der Waals surface area contributed by atoms with E-state index in [1.54, 1.807) is 19.2 Å². The second-order valence-corrected chi connectivity index (χ2v) is 6.98. The van der Waals surface area contributed by atoms with Crippen molar-refractivity contribution in [2.24, 2.45) is 5.92 Å². The number of benzene rings is 2. The van der Waals surface area contributed by atoms with Crippen LogP contribution in [0.5, 0.6) is 11.5 Å². The van der Waals surface area contributed by atoms with E-state index < -0.39 is 0 Å². The average Bonchev–Trinajstić information content (AvgIpc) is 3.46. The van der Waals surface area contributed by atoms with Crippen LogP contribution in [0.15, 0.2) is 46.9 Å². The van der Waals surface area contributed by atoms with Gasteiger partial charge in [-0.15, -0.1) is 0 Å². The summed E-state index contributed by atoms with van der Waals surface area (Å²) in [5.41, 5.74) is 1.70. The predicted octanol–water partition coefficient (Wildman–Crippen LogP) is 4.74. The first-order chi connectivity index (χ1) is 12.1. The highest BCUT2D eigenvalue weighted by Crippen LogP contribution is 2.41. The minimum atomic E-state index is -0.109. The number of nitrogens with one attached hydrogen (secondary N) is 1. The van der Waals surface area contributed by atoms with E-state index in [4.69, 9.17) is 9.47 Å². The second kappa shape index (κ2) is 7.91. The molecule has 1 aliphatic carbocycles. The van der Waals surface area contributed by atoms with E-state index in [1.807, 2.05) is 25.1 Å². The van der Waals surface area contributed by atoms with Gasteiger partial charge in [0.25, 0.3) is 5.91 Å². The van der Waals surface area contributed by atoms with Crippen molar-refractivity contribution in [3.05, 3.63) is 58.1 Å². The van der Waals surface area contributed by atoms with Crippen molar-refractivity contribution in [1.82, 2.24) is 5.32 Å². The molecule has 1 saturated carbocycles. The Morgan fingerprint density at radius 3 is 2.60 bits per heavy atom. The zero-order valence-electron chi connectivity index (χ0n) is 14.4. The van der Waals surface area contributed by atoms with E-state index >= 15 is 0 Å². The van der Waals surface area contributed by atoms with Crippen LogP contribution in [0.2, 0.25) is 0 Å². The number of hydrogen-bond acceptors (Lipinski definition) is 3. The Morgan fingerprint density at radius 2 is 2.00 bits per heavy atom. The molecule has 5 heteroatoms. The lowest BCUT2D eigenvalue weighted by Gasteiger charge is -2.20. The molecule has 0 aromatic heterocycles. The summed E-state index contributed by atoms with van der Waals surface area (Å²) in [6.45, 7) is 2.44. The molecule has 1 amide bonds. The largest absolute Gasteiger partial charge is 0.493 e. The molecule has 2 aromatic carbocycles. The smallest absolute Gasteiger partial charge is 0.251 e. The van der Waals surface area contributed by atoms with Crippen molar-refractivity contribution in [3.63, 3.8) is 0 Å². The first-order valence-electron chi connectivity index (χ1n) is 8.50. The SMILES string of the molecule is CCOc1c(Br)cc(C(=O)NC(c2ccccc2)C2CC2)cc1OC. The molecule has 0 bridgehead atoms. The van der Waals surface area contributed by atoms with Crippen LogP contribution >= 0.6 is 15.9 Å². The molecule has 1 unspecified atom stereocenters. The van der Waals surface area contributed by atoms with Crippen molar-refractivity contribution in [2.45, 2.75) is 25.8 Å². The Hall–Kier alpha value is -2.01. The Balaban J connectivity index is 1.84. The van der Waals surface area contributed by atoms with E-state index in [0.29, 0.717) is 34.1 Å². The lowest BCUT2D eigenvalue weighted by atomic mass is 10.0. The fourth-order valence-corrected chi connectivity index (χ4v) is 3.48. The Labute approximate surface area is 156 Å². The van der Waals surface area contributed by atoms with Gasteiger partial charge in [0.2, 0.25) is 0 Å². The maximum absolute atomic E-state index is 12.8. The summed E-state index contributed by atoms with van der Waals surface area (Å²) in [6.07, 6.45) is 2.30.